The molecule has 0 spiro atoms. The van der Waals surface area contributed by atoms with Crippen LogP contribution in [0.3, 0.4) is 0 Å². The molecule has 0 saturated carbocycles. The SMILES string of the molecule is NC(=O)C1=CN(CCCC(NC(=O)C2CCC(=O)N2)C(=O)N2CCCC2C(N)=O)C=CC1. The van der Waals surface area contributed by atoms with Crippen molar-refractivity contribution in [1.29, 1.82) is 0 Å². The van der Waals surface area contributed by atoms with E-state index in [4.69, 9.17) is 11.5 Å². The standard InChI is InChI=1S/C21H30N6O5/c22-18(29)13-4-1-9-26(12-13)10-2-5-15(25-20(31)14-7-8-17(28)24-14)21(32)27-11-3-6-16(27)19(23)30/h1,9,12,14-16H,2-8,10-11H2,(H2,22,29)(H2,23,30)(H,24,28)(H,25,31). The Morgan fingerprint density at radius 3 is 2.66 bits per heavy atom. The highest BCUT2D eigenvalue weighted by Gasteiger charge is 2.37. The molecule has 2 saturated heterocycles. The van der Waals surface area contributed by atoms with Crippen LogP contribution in [0.2, 0.25) is 0 Å². The summed E-state index contributed by atoms with van der Waals surface area (Å²) >= 11 is 0. The number of nitrogens with one attached hydrogen (secondary N) is 2. The molecule has 174 valence electrons. The summed E-state index contributed by atoms with van der Waals surface area (Å²) < 4.78 is 0. The molecule has 11 nitrogen and oxygen atoms in total. The van der Waals surface area contributed by atoms with Gasteiger partial charge in [-0.3, -0.25) is 24.0 Å². The summed E-state index contributed by atoms with van der Waals surface area (Å²) in [6.45, 7) is 0.908. The minimum Gasteiger partial charge on any atom is -0.368 e. The summed E-state index contributed by atoms with van der Waals surface area (Å²) in [4.78, 5) is 63.7. The number of hydrogen-bond donors (Lipinski definition) is 4. The van der Waals surface area contributed by atoms with Crippen LogP contribution in [0.5, 0.6) is 0 Å². The highest BCUT2D eigenvalue weighted by Crippen LogP contribution is 2.20. The first-order chi connectivity index (χ1) is 15.3. The number of amides is 5. The molecule has 3 rings (SSSR count). The van der Waals surface area contributed by atoms with E-state index in [0.29, 0.717) is 57.2 Å². The molecule has 0 aromatic heterocycles. The fraction of sp³-hybridized carbons (Fsp3) is 0.571. The molecule has 0 aliphatic carbocycles. The molecule has 3 aliphatic heterocycles. The number of carbonyl (C=O) groups excluding carboxylic acids is 5. The van der Waals surface area contributed by atoms with Crippen LogP contribution in [0.15, 0.2) is 24.0 Å². The van der Waals surface area contributed by atoms with Gasteiger partial charge in [0.25, 0.3) is 0 Å². The van der Waals surface area contributed by atoms with Crippen molar-refractivity contribution in [2.75, 3.05) is 13.1 Å². The summed E-state index contributed by atoms with van der Waals surface area (Å²) in [5.41, 5.74) is 11.3. The van der Waals surface area contributed by atoms with Gasteiger partial charge in [-0.05, 0) is 44.7 Å². The van der Waals surface area contributed by atoms with Crippen LogP contribution >= 0.6 is 0 Å². The molecule has 0 aromatic rings. The van der Waals surface area contributed by atoms with Crippen LogP contribution < -0.4 is 22.1 Å². The molecular formula is C21H30N6O5. The van der Waals surface area contributed by atoms with Crippen molar-refractivity contribution in [2.45, 2.75) is 63.1 Å². The van der Waals surface area contributed by atoms with Crippen molar-refractivity contribution >= 4 is 29.5 Å². The summed E-state index contributed by atoms with van der Waals surface area (Å²) in [5, 5.41) is 5.36. The Hall–Kier alpha value is -3.37. The van der Waals surface area contributed by atoms with Gasteiger partial charge in [-0.2, -0.15) is 0 Å². The Kier molecular flexibility index (Phi) is 7.49. The quantitative estimate of drug-likeness (QED) is 0.339. The zero-order valence-electron chi connectivity index (χ0n) is 17.9. The van der Waals surface area contributed by atoms with E-state index in [-0.39, 0.29) is 18.2 Å². The first kappa shape index (κ1) is 23.3. The third-order valence-electron chi connectivity index (χ3n) is 5.97. The summed E-state index contributed by atoms with van der Waals surface area (Å²) in [6, 6.07) is -2.21. The molecule has 11 heteroatoms. The predicted molar refractivity (Wildman–Crippen MR) is 114 cm³/mol. The second-order valence-electron chi connectivity index (χ2n) is 8.30. The van der Waals surface area contributed by atoms with Crippen LogP contribution in [0.4, 0.5) is 0 Å². The summed E-state index contributed by atoms with van der Waals surface area (Å²) in [5.74, 6) is -2.02. The van der Waals surface area contributed by atoms with Gasteiger partial charge in [0.2, 0.25) is 29.5 Å². The normalized spacial score (nSPS) is 23.5. The molecule has 6 N–H and O–H groups in total. The van der Waals surface area contributed by atoms with Crippen LogP contribution in [-0.2, 0) is 24.0 Å². The van der Waals surface area contributed by atoms with E-state index in [2.05, 4.69) is 10.6 Å². The molecule has 3 unspecified atom stereocenters. The molecule has 3 atom stereocenters. The van der Waals surface area contributed by atoms with E-state index in [1.807, 2.05) is 17.2 Å². The zero-order chi connectivity index (χ0) is 23.3. The van der Waals surface area contributed by atoms with Crippen LogP contribution in [0.1, 0.15) is 44.9 Å². The third-order valence-corrected chi connectivity index (χ3v) is 5.97. The van der Waals surface area contributed by atoms with Gasteiger partial charge in [0.1, 0.15) is 18.1 Å². The maximum absolute atomic E-state index is 13.2. The van der Waals surface area contributed by atoms with Gasteiger partial charge in [-0.25, -0.2) is 0 Å². The van der Waals surface area contributed by atoms with Crippen LogP contribution in [0, 0.1) is 0 Å². The van der Waals surface area contributed by atoms with E-state index in [9.17, 15) is 24.0 Å². The lowest BCUT2D eigenvalue weighted by atomic mass is 10.1. The number of allylic oxidation sites excluding steroid dienone is 1. The third kappa shape index (κ3) is 5.65. The number of likely N-dealkylation sites (tertiary alicyclic amines) is 1. The topological polar surface area (TPSA) is 168 Å². The summed E-state index contributed by atoms with van der Waals surface area (Å²) in [6.07, 6.45) is 8.45. The first-order valence-electron chi connectivity index (χ1n) is 10.9. The molecule has 0 bridgehead atoms. The Morgan fingerprint density at radius 2 is 2.00 bits per heavy atom. The lowest BCUT2D eigenvalue weighted by Gasteiger charge is -2.29. The van der Waals surface area contributed by atoms with Crippen molar-refractivity contribution in [3.63, 3.8) is 0 Å². The molecule has 0 aromatic carbocycles. The van der Waals surface area contributed by atoms with E-state index in [1.165, 1.54) is 4.90 Å². The first-order valence-corrected chi connectivity index (χ1v) is 10.9. The number of hydrogen-bond acceptors (Lipinski definition) is 6. The molecule has 2 fully saturated rings. The predicted octanol–water partition coefficient (Wildman–Crippen LogP) is -1.41. The number of primary amides is 2. The van der Waals surface area contributed by atoms with Crippen LogP contribution in [0.25, 0.3) is 0 Å². The Morgan fingerprint density at radius 1 is 1.22 bits per heavy atom. The zero-order valence-corrected chi connectivity index (χ0v) is 17.9. The van der Waals surface area contributed by atoms with E-state index in [0.717, 1.165) is 0 Å². The fourth-order valence-corrected chi connectivity index (χ4v) is 4.26. The largest absolute Gasteiger partial charge is 0.368 e. The molecule has 5 amide bonds. The number of rotatable bonds is 9. The highest BCUT2D eigenvalue weighted by atomic mass is 16.2. The lowest BCUT2D eigenvalue weighted by molar-refractivity contribution is -0.141. The molecule has 32 heavy (non-hydrogen) atoms. The van der Waals surface area contributed by atoms with Gasteiger partial charge in [-0.15, -0.1) is 0 Å². The van der Waals surface area contributed by atoms with E-state index >= 15 is 0 Å². The Bertz CT molecular complexity index is 854. The monoisotopic (exact) mass is 446 g/mol. The molecule has 0 radical (unpaired) electrons. The lowest BCUT2D eigenvalue weighted by Crippen LogP contribution is -2.55. The summed E-state index contributed by atoms with van der Waals surface area (Å²) in [7, 11) is 0. The fourth-order valence-electron chi connectivity index (χ4n) is 4.26. The van der Waals surface area contributed by atoms with Gasteiger partial charge in [0.15, 0.2) is 0 Å². The highest BCUT2D eigenvalue weighted by molar-refractivity contribution is 5.95. The van der Waals surface area contributed by atoms with Gasteiger partial charge >= 0.3 is 0 Å². The second kappa shape index (κ2) is 10.3. The van der Waals surface area contributed by atoms with Gasteiger partial charge in [-0.1, -0.05) is 6.08 Å². The average Bonchev–Trinajstić information content (AvgIpc) is 3.42. The van der Waals surface area contributed by atoms with Crippen LogP contribution in [-0.4, -0.2) is 70.6 Å². The maximum Gasteiger partial charge on any atom is 0.246 e. The van der Waals surface area contributed by atoms with Crippen molar-refractivity contribution < 1.29 is 24.0 Å². The van der Waals surface area contributed by atoms with Crippen molar-refractivity contribution in [3.8, 4) is 0 Å². The average molecular weight is 447 g/mol. The molecule has 3 aliphatic rings. The Labute approximate surface area is 186 Å². The number of carbonyl (C=O) groups is 5. The maximum atomic E-state index is 13.2. The number of nitrogens with zero attached hydrogens (tertiary/aromatic N) is 2. The molecular weight excluding hydrogens is 416 g/mol. The van der Waals surface area contributed by atoms with Gasteiger partial charge in [0.05, 0.1) is 0 Å². The Balaban J connectivity index is 1.65. The van der Waals surface area contributed by atoms with Crippen molar-refractivity contribution in [2.24, 2.45) is 11.5 Å². The van der Waals surface area contributed by atoms with Gasteiger partial charge in [0, 0.05) is 31.3 Å². The minimum absolute atomic E-state index is 0.199. The van der Waals surface area contributed by atoms with Crippen molar-refractivity contribution in [1.82, 2.24) is 20.4 Å². The van der Waals surface area contributed by atoms with Crippen molar-refractivity contribution in [3.05, 3.63) is 24.0 Å². The number of nitrogens with two attached hydrogens (primary N) is 2. The molecule has 3 heterocycles. The van der Waals surface area contributed by atoms with E-state index < -0.39 is 35.8 Å². The van der Waals surface area contributed by atoms with Gasteiger partial charge < -0.3 is 31.9 Å². The minimum atomic E-state index is -0.853. The smallest absolute Gasteiger partial charge is 0.246 e. The van der Waals surface area contributed by atoms with E-state index in [1.54, 1.807) is 6.20 Å². The second-order valence-corrected chi connectivity index (χ2v) is 8.30.